The van der Waals surface area contributed by atoms with Crippen LogP contribution >= 0.6 is 24.1 Å². The number of carbonyl (C=O) groups is 2. The van der Waals surface area contributed by atoms with Gasteiger partial charge in [0.05, 0.1) is 63.6 Å². The topological polar surface area (TPSA) is 331 Å². The van der Waals surface area contributed by atoms with Gasteiger partial charge in [-0.25, -0.2) is 29.0 Å². The summed E-state index contributed by atoms with van der Waals surface area (Å²) in [6.07, 6.45) is 0. The number of aromatic hydroxyl groups is 1. The number of hydrogen-bond donors (Lipinski definition) is 7. The Bertz CT molecular complexity index is 2810. The zero-order valence-electron chi connectivity index (χ0n) is 30.7. The second-order valence-electron chi connectivity index (χ2n) is 11.9. The number of aromatic nitrogens is 2. The van der Waals surface area contributed by atoms with Crippen molar-refractivity contribution in [3.63, 3.8) is 0 Å². The molecular weight excluding hydrogens is 869 g/mol. The second kappa shape index (κ2) is 19.6. The Morgan fingerprint density at radius 2 is 1.43 bits per heavy atom. The maximum atomic E-state index is 13.4. The number of rotatable bonds is 17. The summed E-state index contributed by atoms with van der Waals surface area (Å²) in [6.45, 7) is 1.68. The number of carboxylic acids is 2. The zero-order valence-corrected chi connectivity index (χ0v) is 33.2. The van der Waals surface area contributed by atoms with Crippen molar-refractivity contribution in [1.29, 1.82) is 0 Å². The number of methoxy groups -OCH3 is 1. The van der Waals surface area contributed by atoms with Gasteiger partial charge in [0.15, 0.2) is 28.2 Å². The molecule has 26 heteroatoms. The number of aryl methyl sites for hydroxylation is 1. The van der Waals surface area contributed by atoms with Crippen molar-refractivity contribution in [2.75, 3.05) is 7.11 Å². The highest BCUT2D eigenvalue weighted by Crippen LogP contribution is 2.46. The van der Waals surface area contributed by atoms with Crippen LogP contribution in [0.3, 0.4) is 0 Å². The van der Waals surface area contributed by atoms with E-state index in [0.29, 0.717) is 45.9 Å². The van der Waals surface area contributed by atoms with E-state index in [4.69, 9.17) is 20.4 Å². The first-order valence-corrected chi connectivity index (χ1v) is 19.1. The Labute approximate surface area is 351 Å². The molecule has 0 radical (unpaired) electrons. The van der Waals surface area contributed by atoms with Crippen molar-refractivity contribution in [2.24, 2.45) is 30.7 Å². The van der Waals surface area contributed by atoms with E-state index >= 15 is 0 Å². The average molecular weight is 895 g/mol. The number of azo groups is 3. The highest BCUT2D eigenvalue weighted by Gasteiger charge is 2.23. The van der Waals surface area contributed by atoms with Gasteiger partial charge < -0.3 is 24.6 Å². The van der Waals surface area contributed by atoms with E-state index in [2.05, 4.69) is 54.5 Å². The van der Waals surface area contributed by atoms with Crippen molar-refractivity contribution in [2.45, 2.75) is 21.6 Å². The van der Waals surface area contributed by atoms with Crippen LogP contribution in [0, 0.1) is 6.92 Å². The van der Waals surface area contributed by atoms with Crippen molar-refractivity contribution in [3.8, 4) is 17.2 Å². The Hall–Kier alpha value is -6.72. The van der Waals surface area contributed by atoms with Gasteiger partial charge in [0, 0.05) is 16.3 Å². The smallest absolute Gasteiger partial charge is 0.356 e. The molecule has 0 saturated heterocycles. The zero-order chi connectivity index (χ0) is 43.8. The molecule has 6 aromatic rings. The molecule has 0 spiro atoms. The summed E-state index contributed by atoms with van der Waals surface area (Å²) in [4.78, 5) is 36.8. The fraction of sp³-hybridized carbons (Fsp3) is 0.0571. The van der Waals surface area contributed by atoms with Gasteiger partial charge in [-0.1, -0.05) is 10.1 Å². The highest BCUT2D eigenvalue weighted by atomic mass is 32.2. The molecule has 1 atom stereocenters. The summed E-state index contributed by atoms with van der Waals surface area (Å²) in [7, 11) is 1.38. The largest absolute Gasteiger partial charge is 0.505 e. The Balaban J connectivity index is 1.38. The fourth-order valence-electron chi connectivity index (χ4n) is 5.35. The molecule has 0 saturated carbocycles. The van der Waals surface area contributed by atoms with Gasteiger partial charge in [0.25, 0.3) is 5.56 Å². The predicted molar refractivity (Wildman–Crippen MR) is 213 cm³/mol. The number of nitrogens with one attached hydrogen (secondary N) is 1. The standard InChI is InChI=1S/C35H26N8O15S3/c1-16-11-24(38-36-19-5-3-17(4-6-19)34(46)47)26(54-2)15-23(16)37-40-29-27(60-58-56-51)12-18-13-28(61(52)53)25(14-22(18)32(29)44)39-41-30-31(35(48)49)42-43(33(30)45)20-7-9-21(10-8-20)59-57-55-50/h3-15,42,44,50-51H,1-2H3,(H,46,47)(H,48,49)(H,52,53). The lowest BCUT2D eigenvalue weighted by Crippen LogP contribution is -2.13. The van der Waals surface area contributed by atoms with E-state index in [-0.39, 0.29) is 54.6 Å². The third-order valence-corrected chi connectivity index (χ3v) is 10.1. The Morgan fingerprint density at radius 1 is 0.770 bits per heavy atom. The maximum Gasteiger partial charge on any atom is 0.356 e. The number of fused-ring (bicyclic) bond motifs is 1. The van der Waals surface area contributed by atoms with Crippen molar-refractivity contribution in [3.05, 3.63) is 106 Å². The SMILES string of the molecule is COc1cc(N=Nc2c(SOOO)cc3cc(S(=O)O)c(N=Nc4c(C(=O)O)[nH]n(-c5ccc(SOOO)cc5)c4=O)cc3c2O)c(C)cc1N=Nc1ccc(C(=O)O)cc1. The molecule has 5 aromatic carbocycles. The highest BCUT2D eigenvalue weighted by molar-refractivity contribution is 7.94. The van der Waals surface area contributed by atoms with E-state index in [0.717, 1.165) is 16.8 Å². The molecule has 1 aromatic heterocycles. The second-order valence-corrected chi connectivity index (χ2v) is 14.3. The number of ether oxygens (including phenoxy) is 1. The number of nitrogens with zero attached hydrogens (tertiary/aromatic N) is 7. The first kappa shape index (κ1) is 43.8. The van der Waals surface area contributed by atoms with Crippen LogP contribution in [-0.2, 0) is 29.8 Å². The van der Waals surface area contributed by atoms with Crippen LogP contribution in [0.15, 0.2) is 129 Å². The van der Waals surface area contributed by atoms with Crippen molar-refractivity contribution >= 4 is 92.0 Å². The van der Waals surface area contributed by atoms with Crippen LogP contribution in [0.25, 0.3) is 16.5 Å². The predicted octanol–water partition coefficient (Wildman–Crippen LogP) is 9.42. The van der Waals surface area contributed by atoms with Gasteiger partial charge in [-0.15, -0.1) is 34.2 Å². The van der Waals surface area contributed by atoms with Gasteiger partial charge in [0.1, 0.15) is 22.8 Å². The average Bonchev–Trinajstić information content (AvgIpc) is 3.59. The molecule has 23 nitrogen and oxygen atoms in total. The molecule has 0 amide bonds. The molecule has 0 bridgehead atoms. The lowest BCUT2D eigenvalue weighted by molar-refractivity contribution is -0.432. The molecule has 61 heavy (non-hydrogen) atoms. The van der Waals surface area contributed by atoms with E-state index in [1.807, 2.05) is 0 Å². The summed E-state index contributed by atoms with van der Waals surface area (Å²) < 4.78 is 38.0. The quantitative estimate of drug-likeness (QED) is 0.0147. The third-order valence-electron chi connectivity index (χ3n) is 8.21. The van der Waals surface area contributed by atoms with Crippen LogP contribution in [-0.4, -0.2) is 63.4 Å². The van der Waals surface area contributed by atoms with Crippen molar-refractivity contribution in [1.82, 2.24) is 9.78 Å². The molecule has 1 unspecified atom stereocenters. The van der Waals surface area contributed by atoms with Crippen LogP contribution < -0.4 is 10.3 Å². The molecule has 0 fully saturated rings. The van der Waals surface area contributed by atoms with Gasteiger partial charge in [-0.3, -0.25) is 9.89 Å². The lowest BCUT2D eigenvalue weighted by Gasteiger charge is -2.11. The fourth-order valence-corrected chi connectivity index (χ4v) is 6.71. The number of H-pyrrole nitrogens is 1. The molecule has 0 aliphatic heterocycles. The minimum atomic E-state index is -2.75. The molecular formula is C35H26N8O15S3. The van der Waals surface area contributed by atoms with Gasteiger partial charge in [-0.05, 0) is 90.7 Å². The minimum absolute atomic E-state index is 0.00402. The van der Waals surface area contributed by atoms with Crippen LogP contribution in [0.4, 0.5) is 34.1 Å². The summed E-state index contributed by atoms with van der Waals surface area (Å²) in [5.41, 5.74) is -1.26. The number of benzene rings is 5. The normalized spacial score (nSPS) is 12.3. The third kappa shape index (κ3) is 10.0. The van der Waals surface area contributed by atoms with Crippen LogP contribution in [0.2, 0.25) is 0 Å². The van der Waals surface area contributed by atoms with Gasteiger partial charge >= 0.3 is 11.9 Å². The van der Waals surface area contributed by atoms with Crippen LogP contribution in [0.5, 0.6) is 11.5 Å². The molecule has 7 N–H and O–H groups in total. The lowest BCUT2D eigenvalue weighted by atomic mass is 10.1. The van der Waals surface area contributed by atoms with E-state index in [1.54, 1.807) is 13.0 Å². The maximum absolute atomic E-state index is 13.4. The molecule has 0 aliphatic carbocycles. The number of hydrogen-bond acceptors (Lipinski definition) is 20. The van der Waals surface area contributed by atoms with Gasteiger partial charge in [-0.2, -0.15) is 5.11 Å². The van der Waals surface area contributed by atoms with Crippen LogP contribution in [0.1, 0.15) is 26.4 Å². The first-order valence-electron chi connectivity index (χ1n) is 16.5. The number of phenols is 1. The van der Waals surface area contributed by atoms with Crippen molar-refractivity contribution < 1.29 is 67.7 Å². The number of aromatic carboxylic acids is 2. The van der Waals surface area contributed by atoms with E-state index in [9.17, 15) is 33.4 Å². The number of carboxylic acid groups (broad SMARTS) is 2. The Morgan fingerprint density at radius 3 is 2.07 bits per heavy atom. The molecule has 6 rings (SSSR count). The molecule has 1 heterocycles. The van der Waals surface area contributed by atoms with Gasteiger partial charge in [0.2, 0.25) is 0 Å². The Kier molecular flexibility index (Phi) is 14.1. The minimum Gasteiger partial charge on any atom is -0.505 e. The summed E-state index contributed by atoms with van der Waals surface area (Å²) in [6, 6.07) is 18.2. The summed E-state index contributed by atoms with van der Waals surface area (Å²) in [5.74, 6) is -3.03. The van der Waals surface area contributed by atoms with E-state index in [1.165, 1.54) is 67.8 Å². The molecule has 314 valence electrons. The summed E-state index contributed by atoms with van der Waals surface area (Å²) in [5, 5.41) is 82.2. The monoisotopic (exact) mass is 894 g/mol. The van der Waals surface area contributed by atoms with E-state index < -0.39 is 45.7 Å². The number of phenolic OH excluding ortho intramolecular Hbond substituents is 1. The first-order chi connectivity index (χ1) is 29.3. The summed E-state index contributed by atoms with van der Waals surface area (Å²) >= 11 is -1.71. The molecule has 0 aliphatic rings. The number of aromatic amines is 1.